The zero-order chi connectivity index (χ0) is 23.0. The van der Waals surface area contributed by atoms with Crippen molar-refractivity contribution in [2.75, 3.05) is 25.4 Å². The molecule has 0 atom stereocenters. The summed E-state index contributed by atoms with van der Waals surface area (Å²) in [5.41, 5.74) is 4.39. The van der Waals surface area contributed by atoms with E-state index < -0.39 is 20.0 Å². The molecule has 0 aliphatic carbocycles. The Morgan fingerprint density at radius 1 is 0.867 bits per heavy atom. The molecular formula is C21H30N2O5S2. The lowest BCUT2D eigenvalue weighted by atomic mass is 9.95. The van der Waals surface area contributed by atoms with Gasteiger partial charge in [-0.05, 0) is 87.6 Å². The van der Waals surface area contributed by atoms with Gasteiger partial charge in [0, 0.05) is 14.1 Å². The van der Waals surface area contributed by atoms with Gasteiger partial charge >= 0.3 is 0 Å². The first-order valence-electron chi connectivity index (χ1n) is 9.54. The van der Waals surface area contributed by atoms with Gasteiger partial charge in [-0.25, -0.2) is 21.1 Å². The van der Waals surface area contributed by atoms with Crippen LogP contribution in [0.5, 0.6) is 5.75 Å². The zero-order valence-corrected chi connectivity index (χ0v) is 20.4. The van der Waals surface area contributed by atoms with Gasteiger partial charge < -0.3 is 4.74 Å². The Morgan fingerprint density at radius 3 is 1.83 bits per heavy atom. The molecule has 1 N–H and O–H groups in total. The van der Waals surface area contributed by atoms with Crippen LogP contribution in [0.4, 0.5) is 5.69 Å². The quantitative estimate of drug-likeness (QED) is 0.689. The summed E-state index contributed by atoms with van der Waals surface area (Å²) in [5.74, 6) is 0.170. The normalized spacial score (nSPS) is 12.3. The van der Waals surface area contributed by atoms with Crippen LogP contribution in [0.15, 0.2) is 28.0 Å². The Kier molecular flexibility index (Phi) is 6.90. The van der Waals surface area contributed by atoms with Crippen LogP contribution in [0.1, 0.15) is 34.7 Å². The van der Waals surface area contributed by atoms with E-state index in [9.17, 15) is 16.8 Å². The Bertz CT molecular complexity index is 1160. The largest absolute Gasteiger partial charge is 0.492 e. The third kappa shape index (κ3) is 4.33. The van der Waals surface area contributed by atoms with Gasteiger partial charge in [0.25, 0.3) is 10.0 Å². The molecule has 166 valence electrons. The molecule has 9 heteroatoms. The van der Waals surface area contributed by atoms with Gasteiger partial charge in [0.2, 0.25) is 10.0 Å². The molecular weight excluding hydrogens is 424 g/mol. The molecule has 0 unspecified atom stereocenters. The van der Waals surface area contributed by atoms with Crippen LogP contribution in [-0.2, 0) is 20.0 Å². The fourth-order valence-corrected chi connectivity index (χ4v) is 6.02. The number of sulfonamides is 2. The highest BCUT2D eigenvalue weighted by Gasteiger charge is 2.26. The molecule has 0 heterocycles. The zero-order valence-electron chi connectivity index (χ0n) is 18.7. The monoisotopic (exact) mass is 454 g/mol. The fraction of sp³-hybridized carbons (Fsp3) is 0.429. The third-order valence-electron chi connectivity index (χ3n) is 5.45. The van der Waals surface area contributed by atoms with Crippen LogP contribution in [0.25, 0.3) is 0 Å². The summed E-state index contributed by atoms with van der Waals surface area (Å²) in [6.07, 6.45) is 0. The summed E-state index contributed by atoms with van der Waals surface area (Å²) in [4.78, 5) is 0.119. The molecule has 0 saturated carbocycles. The standard InChI is InChI=1S/C21H30N2O5S2/c1-9-28-19-11-10-18(12-20(19)30(26,27)23(7)8)22-29(24,25)21-16(5)14(3)13(2)15(4)17(21)6/h10-12,22H,9H2,1-8H3. The smallest absolute Gasteiger partial charge is 0.262 e. The molecule has 0 saturated heterocycles. The molecule has 7 nitrogen and oxygen atoms in total. The van der Waals surface area contributed by atoms with E-state index in [1.54, 1.807) is 20.8 Å². The minimum atomic E-state index is -3.94. The lowest BCUT2D eigenvalue weighted by molar-refractivity contribution is 0.330. The summed E-state index contributed by atoms with van der Waals surface area (Å²) < 4.78 is 61.0. The molecule has 0 aliphatic heterocycles. The van der Waals surface area contributed by atoms with Gasteiger partial charge in [0.15, 0.2) is 0 Å². The molecule has 0 aliphatic rings. The molecule has 0 amide bonds. The van der Waals surface area contributed by atoms with Crippen LogP contribution in [0, 0.1) is 34.6 Å². The number of nitrogens with one attached hydrogen (secondary N) is 1. The molecule has 0 spiro atoms. The lowest BCUT2D eigenvalue weighted by Gasteiger charge is -2.20. The maximum Gasteiger partial charge on any atom is 0.262 e. The second kappa shape index (κ2) is 8.56. The van der Waals surface area contributed by atoms with Crippen molar-refractivity contribution in [1.82, 2.24) is 4.31 Å². The average Bonchev–Trinajstić information content (AvgIpc) is 2.65. The molecule has 0 radical (unpaired) electrons. The Morgan fingerprint density at radius 2 is 1.37 bits per heavy atom. The van der Waals surface area contributed by atoms with E-state index in [0.717, 1.165) is 21.0 Å². The van der Waals surface area contributed by atoms with E-state index in [2.05, 4.69) is 4.72 Å². The summed E-state index contributed by atoms with van der Waals surface area (Å²) in [7, 11) is -4.96. The minimum absolute atomic E-state index is 0.0979. The SMILES string of the molecule is CCOc1ccc(NS(=O)(=O)c2c(C)c(C)c(C)c(C)c2C)cc1S(=O)(=O)N(C)C. The van der Waals surface area contributed by atoms with E-state index in [1.807, 2.05) is 20.8 Å². The lowest BCUT2D eigenvalue weighted by Crippen LogP contribution is -2.23. The Hall–Kier alpha value is -2.10. The van der Waals surface area contributed by atoms with Crippen LogP contribution in [-0.4, -0.2) is 41.8 Å². The van der Waals surface area contributed by atoms with Gasteiger partial charge in [-0.3, -0.25) is 4.72 Å². The average molecular weight is 455 g/mol. The van der Waals surface area contributed by atoms with E-state index in [1.165, 1.54) is 32.3 Å². The molecule has 0 bridgehead atoms. The Labute approximate surface area is 180 Å². The summed E-state index contributed by atoms with van der Waals surface area (Å²) in [6.45, 7) is 11.4. The molecule has 2 rings (SSSR count). The van der Waals surface area contributed by atoms with Crippen molar-refractivity contribution in [3.8, 4) is 5.75 Å². The maximum absolute atomic E-state index is 13.3. The van der Waals surface area contributed by atoms with Crippen LogP contribution < -0.4 is 9.46 Å². The highest BCUT2D eigenvalue weighted by molar-refractivity contribution is 7.92. The van der Waals surface area contributed by atoms with Gasteiger partial charge in [0.1, 0.15) is 10.6 Å². The first-order valence-corrected chi connectivity index (χ1v) is 12.5. The van der Waals surface area contributed by atoms with Crippen molar-refractivity contribution in [2.24, 2.45) is 0 Å². The first-order chi connectivity index (χ1) is 13.8. The number of hydrogen-bond donors (Lipinski definition) is 1. The Balaban J connectivity index is 2.64. The van der Waals surface area contributed by atoms with Crippen LogP contribution >= 0.6 is 0 Å². The number of hydrogen-bond acceptors (Lipinski definition) is 5. The van der Waals surface area contributed by atoms with E-state index in [-0.39, 0.29) is 27.8 Å². The number of ether oxygens (including phenoxy) is 1. The number of benzene rings is 2. The van der Waals surface area contributed by atoms with E-state index >= 15 is 0 Å². The number of nitrogens with zero attached hydrogens (tertiary/aromatic N) is 1. The second-order valence-electron chi connectivity index (χ2n) is 7.44. The van der Waals surface area contributed by atoms with Gasteiger partial charge in [-0.2, -0.15) is 0 Å². The molecule has 0 aromatic heterocycles. The fourth-order valence-electron chi connectivity index (χ4n) is 3.32. The molecule has 0 fully saturated rings. The van der Waals surface area contributed by atoms with Crippen molar-refractivity contribution in [1.29, 1.82) is 0 Å². The highest BCUT2D eigenvalue weighted by atomic mass is 32.2. The predicted molar refractivity (Wildman–Crippen MR) is 119 cm³/mol. The third-order valence-corrected chi connectivity index (χ3v) is 8.94. The van der Waals surface area contributed by atoms with Gasteiger partial charge in [0.05, 0.1) is 17.2 Å². The van der Waals surface area contributed by atoms with E-state index in [4.69, 9.17) is 4.74 Å². The van der Waals surface area contributed by atoms with Crippen molar-refractivity contribution < 1.29 is 21.6 Å². The summed E-state index contributed by atoms with van der Waals surface area (Å²) in [5, 5.41) is 0. The van der Waals surface area contributed by atoms with Crippen molar-refractivity contribution in [3.63, 3.8) is 0 Å². The predicted octanol–water partition coefficient (Wildman–Crippen LogP) is 3.68. The number of rotatable bonds is 7. The maximum atomic E-state index is 13.3. The van der Waals surface area contributed by atoms with Crippen molar-refractivity contribution in [2.45, 2.75) is 51.3 Å². The van der Waals surface area contributed by atoms with E-state index in [0.29, 0.717) is 11.1 Å². The minimum Gasteiger partial charge on any atom is -0.492 e. The topological polar surface area (TPSA) is 92.8 Å². The number of anilines is 1. The molecule has 30 heavy (non-hydrogen) atoms. The summed E-state index contributed by atoms with van der Waals surface area (Å²) >= 11 is 0. The molecule has 2 aromatic rings. The highest BCUT2D eigenvalue weighted by Crippen LogP contribution is 2.33. The van der Waals surface area contributed by atoms with Crippen LogP contribution in [0.2, 0.25) is 0 Å². The van der Waals surface area contributed by atoms with Crippen molar-refractivity contribution in [3.05, 3.63) is 46.0 Å². The second-order valence-corrected chi connectivity index (χ2v) is 11.2. The van der Waals surface area contributed by atoms with Crippen molar-refractivity contribution >= 4 is 25.7 Å². The van der Waals surface area contributed by atoms with Crippen LogP contribution in [0.3, 0.4) is 0 Å². The van der Waals surface area contributed by atoms with Gasteiger partial charge in [-0.15, -0.1) is 0 Å². The van der Waals surface area contributed by atoms with Gasteiger partial charge in [-0.1, -0.05) is 0 Å². The first kappa shape index (κ1) is 24.2. The molecule has 2 aromatic carbocycles. The summed E-state index contributed by atoms with van der Waals surface area (Å²) in [6, 6.07) is 4.25.